The predicted octanol–water partition coefficient (Wildman–Crippen LogP) is 4.17. The maximum absolute atomic E-state index is 2.52. The van der Waals surface area contributed by atoms with Gasteiger partial charge >= 0.3 is 0 Å². The van der Waals surface area contributed by atoms with Crippen LogP contribution >= 0.6 is 0 Å². The summed E-state index contributed by atoms with van der Waals surface area (Å²) in [4.78, 5) is 0. The van der Waals surface area contributed by atoms with Crippen LogP contribution in [0.5, 0.6) is 0 Å². The highest BCUT2D eigenvalue weighted by molar-refractivity contribution is 5.53. The molecule has 3 aliphatic rings. The standard InChI is InChI=1S/C14H22/c1-5-6-11-7-13(11)9-14(13)8-12(14,4)10(2)3/h6,10H,5,7-9H2,1-4H3. The Bertz CT molecular complexity index is 325. The van der Waals surface area contributed by atoms with Crippen LogP contribution in [-0.4, -0.2) is 0 Å². The highest BCUT2D eigenvalue weighted by Gasteiger charge is 2.90. The SMILES string of the molecule is CCC=C1CC12CC21CC1(C)C(C)C. The monoisotopic (exact) mass is 190 g/mol. The molecule has 3 unspecified atom stereocenters. The van der Waals surface area contributed by atoms with Gasteiger partial charge in [-0.25, -0.2) is 0 Å². The van der Waals surface area contributed by atoms with Gasteiger partial charge in [-0.15, -0.1) is 0 Å². The zero-order chi connectivity index (χ0) is 10.2. The molecule has 3 fully saturated rings. The number of allylic oxidation sites excluding steroid dienone is 2. The number of fused-ring (bicyclic) bond motifs is 1. The van der Waals surface area contributed by atoms with Gasteiger partial charge in [0.2, 0.25) is 0 Å². The minimum atomic E-state index is 0.691. The summed E-state index contributed by atoms with van der Waals surface area (Å²) in [5, 5.41) is 0. The molecule has 0 aromatic rings. The molecule has 0 saturated heterocycles. The quantitative estimate of drug-likeness (QED) is 0.573. The molecular weight excluding hydrogens is 168 g/mol. The fraction of sp³-hybridized carbons (Fsp3) is 0.857. The van der Waals surface area contributed by atoms with Crippen LogP contribution in [0.4, 0.5) is 0 Å². The van der Waals surface area contributed by atoms with Crippen molar-refractivity contribution in [1.29, 1.82) is 0 Å². The van der Waals surface area contributed by atoms with E-state index in [1.807, 2.05) is 5.57 Å². The molecule has 0 nitrogen and oxygen atoms in total. The molecule has 14 heavy (non-hydrogen) atoms. The maximum Gasteiger partial charge on any atom is 0.00175 e. The third kappa shape index (κ3) is 0.708. The zero-order valence-corrected chi connectivity index (χ0v) is 9.98. The summed E-state index contributed by atoms with van der Waals surface area (Å²) >= 11 is 0. The van der Waals surface area contributed by atoms with Crippen LogP contribution in [0.1, 0.15) is 53.4 Å². The second-order valence-corrected chi connectivity index (χ2v) is 6.40. The van der Waals surface area contributed by atoms with Crippen molar-refractivity contribution < 1.29 is 0 Å². The lowest BCUT2D eigenvalue weighted by Gasteiger charge is -2.15. The topological polar surface area (TPSA) is 0 Å². The molecule has 3 atom stereocenters. The Labute approximate surface area is 87.8 Å². The van der Waals surface area contributed by atoms with Crippen molar-refractivity contribution in [2.75, 3.05) is 0 Å². The summed E-state index contributed by atoms with van der Waals surface area (Å²) in [6.07, 6.45) is 8.22. The molecule has 0 aliphatic heterocycles. The highest BCUT2D eigenvalue weighted by Crippen LogP contribution is 2.98. The molecule has 3 saturated carbocycles. The summed E-state index contributed by atoms with van der Waals surface area (Å²) in [6, 6.07) is 0. The van der Waals surface area contributed by atoms with Crippen molar-refractivity contribution in [2.45, 2.75) is 53.4 Å². The lowest BCUT2D eigenvalue weighted by atomic mass is 9.90. The summed E-state index contributed by atoms with van der Waals surface area (Å²) in [5.74, 6) is 0.880. The van der Waals surface area contributed by atoms with Crippen LogP contribution in [0.25, 0.3) is 0 Å². The van der Waals surface area contributed by atoms with Gasteiger partial charge < -0.3 is 0 Å². The van der Waals surface area contributed by atoms with E-state index in [0.717, 1.165) is 16.7 Å². The van der Waals surface area contributed by atoms with Crippen LogP contribution in [-0.2, 0) is 0 Å². The van der Waals surface area contributed by atoms with Gasteiger partial charge in [0.05, 0.1) is 0 Å². The lowest BCUT2D eigenvalue weighted by molar-refractivity contribution is 0.337. The zero-order valence-electron chi connectivity index (χ0n) is 9.98. The Morgan fingerprint density at radius 1 is 1.36 bits per heavy atom. The minimum absolute atomic E-state index is 0.691. The van der Waals surface area contributed by atoms with Gasteiger partial charge in [-0.2, -0.15) is 0 Å². The summed E-state index contributed by atoms with van der Waals surface area (Å²) in [6.45, 7) is 9.61. The Morgan fingerprint density at radius 2 is 2.07 bits per heavy atom. The number of hydrogen-bond acceptors (Lipinski definition) is 0. The fourth-order valence-corrected chi connectivity index (χ4v) is 4.24. The third-order valence-electron chi connectivity index (χ3n) is 5.74. The van der Waals surface area contributed by atoms with Crippen LogP contribution in [0, 0.1) is 22.2 Å². The van der Waals surface area contributed by atoms with Crippen molar-refractivity contribution >= 4 is 0 Å². The Balaban J connectivity index is 1.80. The van der Waals surface area contributed by atoms with Crippen LogP contribution in [0.3, 0.4) is 0 Å². The van der Waals surface area contributed by atoms with E-state index in [9.17, 15) is 0 Å². The Kier molecular flexibility index (Phi) is 1.37. The molecule has 2 spiro atoms. The molecule has 3 aliphatic carbocycles. The molecule has 0 bridgehead atoms. The van der Waals surface area contributed by atoms with Crippen molar-refractivity contribution in [3.63, 3.8) is 0 Å². The molecule has 0 aromatic heterocycles. The summed E-state index contributed by atoms with van der Waals surface area (Å²) in [5.41, 5.74) is 4.04. The van der Waals surface area contributed by atoms with E-state index in [-0.39, 0.29) is 0 Å². The van der Waals surface area contributed by atoms with Gasteiger partial charge in [0.15, 0.2) is 0 Å². The molecule has 0 amide bonds. The first-order valence-electron chi connectivity index (χ1n) is 6.22. The first-order valence-corrected chi connectivity index (χ1v) is 6.22. The van der Waals surface area contributed by atoms with Crippen molar-refractivity contribution in [3.8, 4) is 0 Å². The van der Waals surface area contributed by atoms with Gasteiger partial charge in [0.25, 0.3) is 0 Å². The second kappa shape index (κ2) is 2.13. The van der Waals surface area contributed by atoms with Gasteiger partial charge in [0.1, 0.15) is 0 Å². The Morgan fingerprint density at radius 3 is 2.57 bits per heavy atom. The molecular formula is C14H22. The normalized spacial score (nSPS) is 56.2. The van der Waals surface area contributed by atoms with E-state index in [1.54, 1.807) is 0 Å². The second-order valence-electron chi connectivity index (χ2n) is 6.40. The van der Waals surface area contributed by atoms with Gasteiger partial charge in [-0.05, 0) is 42.4 Å². The van der Waals surface area contributed by atoms with Crippen LogP contribution in [0.2, 0.25) is 0 Å². The minimum Gasteiger partial charge on any atom is -0.0850 e. The van der Waals surface area contributed by atoms with Crippen molar-refractivity contribution in [3.05, 3.63) is 11.6 Å². The third-order valence-corrected chi connectivity index (χ3v) is 5.74. The molecule has 0 heteroatoms. The van der Waals surface area contributed by atoms with E-state index < -0.39 is 0 Å². The summed E-state index contributed by atoms with van der Waals surface area (Å²) < 4.78 is 0. The largest absolute Gasteiger partial charge is 0.0850 e. The molecule has 0 aromatic carbocycles. The van der Waals surface area contributed by atoms with E-state index >= 15 is 0 Å². The number of hydrogen-bond donors (Lipinski definition) is 0. The summed E-state index contributed by atoms with van der Waals surface area (Å²) in [7, 11) is 0. The molecule has 0 heterocycles. The van der Waals surface area contributed by atoms with E-state index in [4.69, 9.17) is 0 Å². The average molecular weight is 190 g/mol. The smallest absolute Gasteiger partial charge is 0.00175 e. The maximum atomic E-state index is 2.52. The fourth-order valence-electron chi connectivity index (χ4n) is 4.24. The van der Waals surface area contributed by atoms with Gasteiger partial charge in [-0.1, -0.05) is 39.3 Å². The van der Waals surface area contributed by atoms with Crippen molar-refractivity contribution in [2.24, 2.45) is 22.2 Å². The first kappa shape index (κ1) is 9.00. The highest BCUT2D eigenvalue weighted by atomic mass is 14.9. The van der Waals surface area contributed by atoms with Gasteiger partial charge in [0, 0.05) is 5.41 Å². The average Bonchev–Trinajstić information content (AvgIpc) is 2.98. The van der Waals surface area contributed by atoms with Crippen LogP contribution < -0.4 is 0 Å². The van der Waals surface area contributed by atoms with E-state index in [1.165, 1.54) is 25.7 Å². The Hall–Kier alpha value is -0.260. The molecule has 3 rings (SSSR count). The van der Waals surface area contributed by atoms with E-state index in [0.29, 0.717) is 5.41 Å². The molecule has 0 radical (unpaired) electrons. The predicted molar refractivity (Wildman–Crippen MR) is 60.0 cm³/mol. The van der Waals surface area contributed by atoms with E-state index in [2.05, 4.69) is 33.8 Å². The molecule has 0 N–H and O–H groups in total. The lowest BCUT2D eigenvalue weighted by Crippen LogP contribution is -2.08. The first-order chi connectivity index (χ1) is 6.52. The van der Waals surface area contributed by atoms with Gasteiger partial charge in [-0.3, -0.25) is 0 Å². The molecule has 78 valence electrons. The van der Waals surface area contributed by atoms with Crippen molar-refractivity contribution in [1.82, 2.24) is 0 Å². The number of rotatable bonds is 2. The van der Waals surface area contributed by atoms with Crippen LogP contribution in [0.15, 0.2) is 11.6 Å².